The van der Waals surface area contributed by atoms with Crippen LogP contribution in [0.1, 0.15) is 25.5 Å². The van der Waals surface area contributed by atoms with Crippen LogP contribution < -0.4 is 19.1 Å². The van der Waals surface area contributed by atoms with Crippen molar-refractivity contribution in [2.45, 2.75) is 25.9 Å². The zero-order chi connectivity index (χ0) is 22.1. The van der Waals surface area contributed by atoms with Crippen molar-refractivity contribution >= 4 is 44.8 Å². The molecular formula is C20H22Cl2N2O5S. The number of amides is 1. The van der Waals surface area contributed by atoms with Crippen LogP contribution in [0.5, 0.6) is 11.5 Å². The second-order valence-electron chi connectivity index (χ2n) is 6.97. The number of sulfonamides is 1. The summed E-state index contributed by atoms with van der Waals surface area (Å²) in [6.45, 7) is 4.27. The molecule has 0 saturated heterocycles. The van der Waals surface area contributed by atoms with Crippen LogP contribution in [0.15, 0.2) is 36.4 Å². The predicted octanol–water partition coefficient (Wildman–Crippen LogP) is 3.80. The van der Waals surface area contributed by atoms with Gasteiger partial charge in [0.2, 0.25) is 15.9 Å². The molecule has 2 aromatic rings. The van der Waals surface area contributed by atoms with Gasteiger partial charge in [-0.05, 0) is 49.7 Å². The quantitative estimate of drug-likeness (QED) is 0.690. The van der Waals surface area contributed by atoms with Gasteiger partial charge in [-0.3, -0.25) is 9.10 Å². The molecule has 162 valence electrons. The number of hydrogen-bond acceptors (Lipinski definition) is 5. The third-order valence-corrected chi connectivity index (χ3v) is 6.65. The summed E-state index contributed by atoms with van der Waals surface area (Å²) in [5.41, 5.74) is 1.06. The molecule has 30 heavy (non-hydrogen) atoms. The molecule has 1 amide bonds. The monoisotopic (exact) mass is 472 g/mol. The average molecular weight is 473 g/mol. The number of carbonyl (C=O) groups is 1. The van der Waals surface area contributed by atoms with Crippen molar-refractivity contribution in [3.05, 3.63) is 52.0 Å². The Hall–Kier alpha value is -2.16. The zero-order valence-electron chi connectivity index (χ0n) is 16.7. The molecule has 0 saturated carbocycles. The number of benzene rings is 2. The first-order chi connectivity index (χ1) is 14.1. The van der Waals surface area contributed by atoms with Crippen LogP contribution >= 0.6 is 23.2 Å². The number of rotatable bonds is 6. The van der Waals surface area contributed by atoms with E-state index in [1.807, 2.05) is 6.07 Å². The smallest absolute Gasteiger partial charge is 0.244 e. The fourth-order valence-corrected chi connectivity index (χ4v) is 4.64. The van der Waals surface area contributed by atoms with E-state index in [1.54, 1.807) is 19.1 Å². The summed E-state index contributed by atoms with van der Waals surface area (Å²) >= 11 is 12.0. The first-order valence-corrected chi connectivity index (χ1v) is 11.8. The third kappa shape index (κ3) is 4.94. The van der Waals surface area contributed by atoms with E-state index in [1.165, 1.54) is 25.1 Å². The van der Waals surface area contributed by atoms with E-state index in [-0.39, 0.29) is 16.8 Å². The topological polar surface area (TPSA) is 84.9 Å². The summed E-state index contributed by atoms with van der Waals surface area (Å²) in [6, 6.07) is 8.42. The Morgan fingerprint density at radius 1 is 1.03 bits per heavy atom. The first-order valence-electron chi connectivity index (χ1n) is 9.22. The predicted molar refractivity (Wildman–Crippen MR) is 117 cm³/mol. The lowest BCUT2D eigenvalue weighted by atomic mass is 10.1. The van der Waals surface area contributed by atoms with Crippen molar-refractivity contribution in [1.29, 1.82) is 0 Å². The van der Waals surface area contributed by atoms with Gasteiger partial charge in [0.1, 0.15) is 19.3 Å². The normalized spacial score (nSPS) is 15.2. The maximum atomic E-state index is 12.9. The molecule has 0 radical (unpaired) electrons. The lowest BCUT2D eigenvalue weighted by Gasteiger charge is -2.29. The molecule has 7 nitrogen and oxygen atoms in total. The number of hydrogen-bond donors (Lipinski definition) is 1. The number of anilines is 1. The lowest BCUT2D eigenvalue weighted by Crippen LogP contribution is -2.48. The number of nitrogens with zero attached hydrogens (tertiary/aromatic N) is 1. The molecule has 0 bridgehead atoms. The SMILES string of the molecule is C[C@@H](NC(=O)[C@H](C)N(c1ccc(Cl)c(Cl)c1)S(C)(=O)=O)c1ccc2c(c1)OCCO2. The van der Waals surface area contributed by atoms with Gasteiger partial charge in [0, 0.05) is 0 Å². The highest BCUT2D eigenvalue weighted by molar-refractivity contribution is 7.92. The molecule has 2 aromatic carbocycles. The Balaban J connectivity index is 1.80. The third-order valence-electron chi connectivity index (χ3n) is 4.67. The van der Waals surface area contributed by atoms with Gasteiger partial charge in [0.25, 0.3) is 0 Å². The van der Waals surface area contributed by atoms with Crippen LogP contribution in [-0.2, 0) is 14.8 Å². The maximum absolute atomic E-state index is 12.9. The molecule has 10 heteroatoms. The van der Waals surface area contributed by atoms with Crippen molar-refractivity contribution in [2.24, 2.45) is 0 Å². The molecular weight excluding hydrogens is 451 g/mol. The fourth-order valence-electron chi connectivity index (χ4n) is 3.18. The van der Waals surface area contributed by atoms with E-state index in [0.717, 1.165) is 16.1 Å². The van der Waals surface area contributed by atoms with Crippen molar-refractivity contribution in [2.75, 3.05) is 23.8 Å². The van der Waals surface area contributed by atoms with Gasteiger partial charge < -0.3 is 14.8 Å². The highest BCUT2D eigenvalue weighted by Gasteiger charge is 2.30. The second kappa shape index (κ2) is 8.91. The van der Waals surface area contributed by atoms with E-state index in [4.69, 9.17) is 32.7 Å². The lowest BCUT2D eigenvalue weighted by molar-refractivity contribution is -0.122. The number of halogens is 2. The fraction of sp³-hybridized carbons (Fsp3) is 0.350. The highest BCUT2D eigenvalue weighted by Crippen LogP contribution is 2.33. The molecule has 0 spiro atoms. The van der Waals surface area contributed by atoms with E-state index < -0.39 is 22.0 Å². The second-order valence-corrected chi connectivity index (χ2v) is 9.64. The number of ether oxygens (including phenoxy) is 2. The number of nitrogens with one attached hydrogen (secondary N) is 1. The van der Waals surface area contributed by atoms with E-state index in [0.29, 0.717) is 29.7 Å². The average Bonchev–Trinajstić information content (AvgIpc) is 2.69. The van der Waals surface area contributed by atoms with Crippen LogP contribution in [0, 0.1) is 0 Å². The summed E-state index contributed by atoms with van der Waals surface area (Å²) in [6.07, 6.45) is 1.03. The molecule has 0 aliphatic carbocycles. The van der Waals surface area contributed by atoms with Gasteiger partial charge in [-0.2, -0.15) is 0 Å². The Morgan fingerprint density at radius 3 is 2.33 bits per heavy atom. The van der Waals surface area contributed by atoms with Gasteiger partial charge in [0.05, 0.1) is 28.0 Å². The summed E-state index contributed by atoms with van der Waals surface area (Å²) in [5, 5.41) is 3.34. The van der Waals surface area contributed by atoms with E-state index in [9.17, 15) is 13.2 Å². The van der Waals surface area contributed by atoms with Gasteiger partial charge in [0.15, 0.2) is 11.5 Å². The van der Waals surface area contributed by atoms with Crippen LogP contribution in [0.25, 0.3) is 0 Å². The molecule has 1 aliphatic rings. The molecule has 0 unspecified atom stereocenters. The van der Waals surface area contributed by atoms with E-state index in [2.05, 4.69) is 5.32 Å². The van der Waals surface area contributed by atoms with Gasteiger partial charge in [-0.15, -0.1) is 0 Å². The van der Waals surface area contributed by atoms with Gasteiger partial charge >= 0.3 is 0 Å². The number of carbonyl (C=O) groups excluding carboxylic acids is 1. The van der Waals surface area contributed by atoms with Crippen molar-refractivity contribution in [3.8, 4) is 11.5 Å². The molecule has 0 fully saturated rings. The number of fused-ring (bicyclic) bond motifs is 1. The minimum atomic E-state index is -3.77. The zero-order valence-corrected chi connectivity index (χ0v) is 19.0. The standard InChI is InChI=1S/C20H22Cl2N2O5S/c1-12(14-4-7-18-19(10-14)29-9-8-28-18)23-20(25)13(2)24(30(3,26)27)15-5-6-16(21)17(22)11-15/h4-7,10-13H,8-9H2,1-3H3,(H,23,25)/t12-,13+/m1/s1. The summed E-state index contributed by atoms with van der Waals surface area (Å²) in [7, 11) is -3.77. The summed E-state index contributed by atoms with van der Waals surface area (Å²) in [5.74, 6) is 0.801. The van der Waals surface area contributed by atoms with Crippen molar-refractivity contribution in [1.82, 2.24) is 5.32 Å². The molecule has 1 N–H and O–H groups in total. The first kappa shape index (κ1) is 22.5. The molecule has 1 aliphatic heterocycles. The van der Waals surface area contributed by atoms with Crippen LogP contribution in [0.3, 0.4) is 0 Å². The summed E-state index contributed by atoms with van der Waals surface area (Å²) < 4.78 is 37.0. The Kier molecular flexibility index (Phi) is 6.69. The molecule has 0 aromatic heterocycles. The molecule has 2 atom stereocenters. The largest absolute Gasteiger partial charge is 0.486 e. The van der Waals surface area contributed by atoms with Crippen molar-refractivity contribution in [3.63, 3.8) is 0 Å². The molecule has 1 heterocycles. The molecule has 3 rings (SSSR count). The van der Waals surface area contributed by atoms with Crippen LogP contribution in [0.4, 0.5) is 5.69 Å². The maximum Gasteiger partial charge on any atom is 0.244 e. The Bertz CT molecular complexity index is 1060. The van der Waals surface area contributed by atoms with Crippen molar-refractivity contribution < 1.29 is 22.7 Å². The Morgan fingerprint density at radius 2 is 1.70 bits per heavy atom. The van der Waals surface area contributed by atoms with Crippen LogP contribution in [0.2, 0.25) is 10.0 Å². The van der Waals surface area contributed by atoms with Crippen LogP contribution in [-0.4, -0.2) is 39.8 Å². The summed E-state index contributed by atoms with van der Waals surface area (Å²) in [4.78, 5) is 12.9. The van der Waals surface area contributed by atoms with Gasteiger partial charge in [-0.1, -0.05) is 29.3 Å². The minimum absolute atomic E-state index is 0.195. The highest BCUT2D eigenvalue weighted by atomic mass is 35.5. The minimum Gasteiger partial charge on any atom is -0.486 e. The van der Waals surface area contributed by atoms with E-state index >= 15 is 0 Å². The van der Waals surface area contributed by atoms with Gasteiger partial charge in [-0.25, -0.2) is 8.42 Å². The Labute approximate surface area is 185 Å².